The van der Waals surface area contributed by atoms with Gasteiger partial charge >= 0.3 is 11.8 Å². The topological polar surface area (TPSA) is 85.1 Å². The molecule has 3 N–H and O–H groups in total. The number of nitrogens with zero attached hydrogens (tertiary/aromatic N) is 1. The van der Waals surface area contributed by atoms with E-state index in [0.717, 1.165) is 29.0 Å². The minimum atomic E-state index is -1.01. The van der Waals surface area contributed by atoms with Crippen molar-refractivity contribution in [1.29, 1.82) is 0 Å². The van der Waals surface area contributed by atoms with Crippen molar-refractivity contribution in [3.8, 4) is 11.3 Å². The average Bonchev–Trinajstić information content (AvgIpc) is 3.04. The Morgan fingerprint density at radius 2 is 2.05 bits per heavy atom. The Morgan fingerprint density at radius 3 is 2.81 bits per heavy atom. The van der Waals surface area contributed by atoms with Gasteiger partial charge in [-0.05, 0) is 43.4 Å². The number of nitrogens with one attached hydrogen (secondary N) is 1. The number of fused-ring (bicyclic) bond motifs is 1. The second-order valence-electron chi connectivity index (χ2n) is 5.08. The van der Waals surface area contributed by atoms with E-state index >= 15 is 0 Å². The van der Waals surface area contributed by atoms with Gasteiger partial charge in [-0.1, -0.05) is 12.1 Å². The van der Waals surface area contributed by atoms with Crippen LogP contribution in [0.1, 0.15) is 22.4 Å². The summed E-state index contributed by atoms with van der Waals surface area (Å²) in [5.74, 6) is -1.86. The van der Waals surface area contributed by atoms with Crippen molar-refractivity contribution in [3.63, 3.8) is 0 Å². The molecule has 1 aromatic carbocycles. The molecule has 0 bridgehead atoms. The molecule has 0 spiro atoms. The first kappa shape index (κ1) is 13.8. The molecule has 0 saturated heterocycles. The molecule has 1 aliphatic carbocycles. The van der Waals surface area contributed by atoms with Gasteiger partial charge in [0.2, 0.25) is 0 Å². The summed E-state index contributed by atoms with van der Waals surface area (Å²) in [6.07, 6.45) is 3.46. The third-order valence-corrected chi connectivity index (χ3v) is 4.50. The van der Waals surface area contributed by atoms with Crippen molar-refractivity contribution >= 4 is 28.3 Å². The second-order valence-corrected chi connectivity index (χ2v) is 6.28. The molecule has 1 aromatic heterocycles. The summed E-state index contributed by atoms with van der Waals surface area (Å²) in [5.41, 5.74) is 9.60. The highest BCUT2D eigenvalue weighted by atomic mass is 32.1. The number of carbonyl (C=O) groups excluding carboxylic acids is 2. The van der Waals surface area contributed by atoms with Crippen molar-refractivity contribution in [3.05, 3.63) is 34.2 Å². The van der Waals surface area contributed by atoms with Gasteiger partial charge in [0.05, 0.1) is 5.69 Å². The van der Waals surface area contributed by atoms with Gasteiger partial charge in [0.1, 0.15) is 0 Å². The zero-order valence-corrected chi connectivity index (χ0v) is 12.4. The molecule has 21 heavy (non-hydrogen) atoms. The molecular formula is C15H15N3O2S. The molecule has 5 nitrogen and oxygen atoms in total. The highest BCUT2D eigenvalue weighted by molar-refractivity contribution is 7.16. The van der Waals surface area contributed by atoms with Gasteiger partial charge in [-0.2, -0.15) is 0 Å². The van der Waals surface area contributed by atoms with Crippen LogP contribution in [0.4, 0.5) is 5.13 Å². The molecule has 2 amide bonds. The molecule has 0 radical (unpaired) electrons. The summed E-state index contributed by atoms with van der Waals surface area (Å²) in [6, 6.07) is 6.38. The number of aryl methyl sites for hydroxylation is 3. The number of rotatable bonds is 2. The fourth-order valence-corrected chi connectivity index (χ4v) is 3.43. The number of carbonyl (C=O) groups is 2. The highest BCUT2D eigenvalue weighted by Crippen LogP contribution is 2.33. The molecule has 2 aromatic rings. The summed E-state index contributed by atoms with van der Waals surface area (Å²) in [4.78, 5) is 27.5. The second kappa shape index (κ2) is 5.29. The number of amides is 2. The van der Waals surface area contributed by atoms with Crippen molar-refractivity contribution in [1.82, 2.24) is 4.98 Å². The zero-order valence-electron chi connectivity index (χ0n) is 11.6. The minimum absolute atomic E-state index is 0.395. The van der Waals surface area contributed by atoms with E-state index in [4.69, 9.17) is 5.73 Å². The maximum atomic E-state index is 11.3. The molecule has 0 atom stereocenters. The van der Waals surface area contributed by atoms with Crippen LogP contribution in [0, 0.1) is 6.92 Å². The number of hydrogen-bond donors (Lipinski definition) is 2. The smallest absolute Gasteiger partial charge is 0.315 e. The van der Waals surface area contributed by atoms with Crippen LogP contribution in [0.2, 0.25) is 0 Å². The Bertz CT molecular complexity index is 737. The van der Waals surface area contributed by atoms with Crippen LogP contribution in [0.15, 0.2) is 18.2 Å². The Hall–Kier alpha value is -2.21. The number of nitrogens with two attached hydrogens (primary N) is 1. The van der Waals surface area contributed by atoms with Gasteiger partial charge in [0.15, 0.2) is 5.13 Å². The first-order chi connectivity index (χ1) is 10.0. The summed E-state index contributed by atoms with van der Waals surface area (Å²) < 4.78 is 0. The summed E-state index contributed by atoms with van der Waals surface area (Å²) in [6.45, 7) is 1.94. The van der Waals surface area contributed by atoms with E-state index in [2.05, 4.69) is 28.5 Å². The van der Waals surface area contributed by atoms with Gasteiger partial charge in [-0.15, -0.1) is 11.3 Å². The molecule has 3 rings (SSSR count). The summed E-state index contributed by atoms with van der Waals surface area (Å²) >= 11 is 1.34. The van der Waals surface area contributed by atoms with E-state index in [1.54, 1.807) is 0 Å². The SMILES string of the molecule is Cc1sc(NC(=O)C(N)=O)nc1-c1ccc2c(c1)CCC2. The van der Waals surface area contributed by atoms with Crippen molar-refractivity contribution in [2.24, 2.45) is 5.73 Å². The molecule has 1 aliphatic rings. The van der Waals surface area contributed by atoms with E-state index < -0.39 is 11.8 Å². The Kier molecular flexibility index (Phi) is 3.47. The third-order valence-electron chi connectivity index (χ3n) is 3.61. The monoisotopic (exact) mass is 301 g/mol. The van der Waals surface area contributed by atoms with Crippen LogP contribution in [0.25, 0.3) is 11.3 Å². The lowest BCUT2D eigenvalue weighted by molar-refractivity contribution is -0.134. The minimum Gasteiger partial charge on any atom is -0.361 e. The van der Waals surface area contributed by atoms with Crippen LogP contribution in [0.3, 0.4) is 0 Å². The number of primary amides is 1. The van der Waals surface area contributed by atoms with Gasteiger partial charge in [-0.25, -0.2) is 4.98 Å². The van der Waals surface area contributed by atoms with Gasteiger partial charge in [0, 0.05) is 10.4 Å². The highest BCUT2D eigenvalue weighted by Gasteiger charge is 2.17. The van der Waals surface area contributed by atoms with Crippen molar-refractivity contribution in [2.75, 3.05) is 5.32 Å². The van der Waals surface area contributed by atoms with Crippen molar-refractivity contribution in [2.45, 2.75) is 26.2 Å². The quantitative estimate of drug-likeness (QED) is 0.832. The molecule has 108 valence electrons. The van der Waals surface area contributed by atoms with E-state index in [1.807, 2.05) is 6.92 Å². The lowest BCUT2D eigenvalue weighted by Crippen LogP contribution is -2.29. The Labute approximate surface area is 126 Å². The molecule has 6 heteroatoms. The Balaban J connectivity index is 1.91. The molecule has 0 unspecified atom stereocenters. The van der Waals surface area contributed by atoms with E-state index in [-0.39, 0.29) is 0 Å². The Morgan fingerprint density at radius 1 is 1.29 bits per heavy atom. The third kappa shape index (κ3) is 2.67. The fraction of sp³-hybridized carbons (Fsp3) is 0.267. The maximum absolute atomic E-state index is 11.3. The molecular weight excluding hydrogens is 286 g/mol. The number of hydrogen-bond acceptors (Lipinski definition) is 4. The predicted octanol–water partition coefficient (Wildman–Crippen LogP) is 2.03. The lowest BCUT2D eigenvalue weighted by atomic mass is 10.0. The van der Waals surface area contributed by atoms with Gasteiger partial charge < -0.3 is 5.73 Å². The first-order valence-electron chi connectivity index (χ1n) is 6.75. The van der Waals surface area contributed by atoms with Gasteiger partial charge in [-0.3, -0.25) is 14.9 Å². The molecule has 0 saturated carbocycles. The zero-order chi connectivity index (χ0) is 15.0. The van der Waals surface area contributed by atoms with E-state index in [9.17, 15) is 9.59 Å². The predicted molar refractivity (Wildman–Crippen MR) is 82.1 cm³/mol. The van der Waals surface area contributed by atoms with Crippen LogP contribution < -0.4 is 11.1 Å². The summed E-state index contributed by atoms with van der Waals surface area (Å²) in [5, 5.41) is 2.81. The van der Waals surface area contributed by atoms with Crippen LogP contribution >= 0.6 is 11.3 Å². The molecule has 0 fully saturated rings. The van der Waals surface area contributed by atoms with Crippen molar-refractivity contribution < 1.29 is 9.59 Å². The van der Waals surface area contributed by atoms with Crippen LogP contribution in [0.5, 0.6) is 0 Å². The first-order valence-corrected chi connectivity index (χ1v) is 7.56. The van der Waals surface area contributed by atoms with Gasteiger partial charge in [0.25, 0.3) is 0 Å². The molecule has 1 heterocycles. The fourth-order valence-electron chi connectivity index (χ4n) is 2.60. The van der Waals surface area contributed by atoms with E-state index in [0.29, 0.717) is 5.13 Å². The molecule has 0 aliphatic heterocycles. The van der Waals surface area contributed by atoms with E-state index in [1.165, 1.54) is 28.9 Å². The number of anilines is 1. The largest absolute Gasteiger partial charge is 0.361 e. The maximum Gasteiger partial charge on any atom is 0.315 e. The number of thiazole rings is 1. The van der Waals surface area contributed by atoms with Crippen LogP contribution in [-0.2, 0) is 22.4 Å². The lowest BCUT2D eigenvalue weighted by Gasteiger charge is -2.03. The average molecular weight is 301 g/mol. The number of aromatic nitrogens is 1. The standard InChI is InChI=1S/C15H15N3O2S/c1-8-12(17-15(21-8)18-14(20)13(16)19)11-6-5-9-3-2-4-10(9)7-11/h5-7H,2-4H2,1H3,(H2,16,19)(H,17,18,20). The summed E-state index contributed by atoms with van der Waals surface area (Å²) in [7, 11) is 0. The van der Waals surface area contributed by atoms with Crippen LogP contribution in [-0.4, -0.2) is 16.8 Å². The number of benzene rings is 1. The normalized spacial score (nSPS) is 13.0.